The molecular formula is C24H34N2O5. The lowest BCUT2D eigenvalue weighted by Crippen LogP contribution is -2.67. The second-order valence-electron chi connectivity index (χ2n) is 8.65. The van der Waals surface area contributed by atoms with E-state index in [1.54, 1.807) is 14.2 Å². The third-order valence-electron chi connectivity index (χ3n) is 5.68. The maximum absolute atomic E-state index is 11.7. The van der Waals surface area contributed by atoms with Gasteiger partial charge in [-0.1, -0.05) is 57.2 Å². The molecule has 0 aromatic heterocycles. The monoisotopic (exact) mass is 430 g/mol. The molecule has 170 valence electrons. The Kier molecular flexibility index (Phi) is 8.30. The number of hydrogen-bond donors (Lipinski definition) is 4. The fourth-order valence-corrected chi connectivity index (χ4v) is 3.82. The Morgan fingerprint density at radius 1 is 1.00 bits per heavy atom. The Morgan fingerprint density at radius 3 is 2.19 bits per heavy atom. The topological polar surface area (TPSA) is 100 Å². The number of carboxylic acid groups (broad SMARTS) is 1. The van der Waals surface area contributed by atoms with E-state index < -0.39 is 23.2 Å². The molecule has 0 heterocycles. The molecule has 2 atom stereocenters. The quantitative estimate of drug-likeness (QED) is 0.461. The highest BCUT2D eigenvalue weighted by Crippen LogP contribution is 2.36. The Balaban J connectivity index is 2.20. The molecule has 0 unspecified atom stereocenters. The standard InChI is InChI=1S/C24H34N2O5/c1-23(2,3)24(26-22(28)29,14-17-9-7-6-8-10-17)21(27)16-25-15-18-11-12-19(30-4)20(13-18)31-5/h6-13,21,25-27H,14-16H2,1-5H3,(H,28,29)/t21-,24-/m1/s1. The molecule has 0 radical (unpaired) electrons. The summed E-state index contributed by atoms with van der Waals surface area (Å²) in [7, 11) is 3.16. The van der Waals surface area contributed by atoms with Crippen molar-refractivity contribution >= 4 is 6.09 Å². The van der Waals surface area contributed by atoms with E-state index in [9.17, 15) is 15.0 Å². The van der Waals surface area contributed by atoms with E-state index in [1.807, 2.05) is 69.3 Å². The fraction of sp³-hybridized carbons (Fsp3) is 0.458. The first-order valence-corrected chi connectivity index (χ1v) is 10.3. The Morgan fingerprint density at radius 2 is 1.65 bits per heavy atom. The van der Waals surface area contributed by atoms with Crippen molar-refractivity contribution in [1.82, 2.24) is 10.6 Å². The summed E-state index contributed by atoms with van der Waals surface area (Å²) >= 11 is 0. The van der Waals surface area contributed by atoms with Crippen LogP contribution in [0.4, 0.5) is 4.79 Å². The van der Waals surface area contributed by atoms with Crippen molar-refractivity contribution in [2.75, 3.05) is 20.8 Å². The number of aliphatic hydroxyl groups is 1. The van der Waals surface area contributed by atoms with Crippen LogP contribution in [-0.2, 0) is 13.0 Å². The minimum atomic E-state index is -1.16. The number of ether oxygens (including phenoxy) is 2. The summed E-state index contributed by atoms with van der Waals surface area (Å²) in [6.07, 6.45) is -1.77. The van der Waals surface area contributed by atoms with Crippen molar-refractivity contribution in [2.24, 2.45) is 5.41 Å². The molecule has 0 saturated carbocycles. The van der Waals surface area contributed by atoms with Crippen molar-refractivity contribution in [2.45, 2.75) is 45.4 Å². The average Bonchev–Trinajstić information content (AvgIpc) is 2.72. The molecule has 4 N–H and O–H groups in total. The maximum Gasteiger partial charge on any atom is 0.405 e. The molecule has 0 bridgehead atoms. The van der Waals surface area contributed by atoms with Gasteiger partial charge in [-0.2, -0.15) is 0 Å². The van der Waals surface area contributed by atoms with Crippen LogP contribution in [0.25, 0.3) is 0 Å². The van der Waals surface area contributed by atoms with Gasteiger partial charge in [0, 0.05) is 13.1 Å². The van der Waals surface area contributed by atoms with Gasteiger partial charge in [-0.25, -0.2) is 4.79 Å². The molecule has 1 amide bonds. The number of nitrogens with one attached hydrogen (secondary N) is 2. The van der Waals surface area contributed by atoms with Crippen LogP contribution in [0.15, 0.2) is 48.5 Å². The van der Waals surface area contributed by atoms with E-state index in [1.165, 1.54) is 0 Å². The molecule has 31 heavy (non-hydrogen) atoms. The largest absolute Gasteiger partial charge is 0.493 e. The van der Waals surface area contributed by atoms with Crippen molar-refractivity contribution < 1.29 is 24.5 Å². The smallest absolute Gasteiger partial charge is 0.405 e. The first kappa shape index (κ1) is 24.5. The highest BCUT2D eigenvalue weighted by Gasteiger charge is 2.48. The minimum absolute atomic E-state index is 0.207. The van der Waals surface area contributed by atoms with Gasteiger partial charge in [-0.05, 0) is 35.1 Å². The van der Waals surface area contributed by atoms with Crippen LogP contribution in [0.2, 0.25) is 0 Å². The van der Waals surface area contributed by atoms with Gasteiger partial charge in [-0.3, -0.25) is 0 Å². The van der Waals surface area contributed by atoms with E-state index in [4.69, 9.17) is 9.47 Å². The normalized spacial score (nSPS) is 14.4. The molecule has 0 aliphatic carbocycles. The molecule has 0 fully saturated rings. The van der Waals surface area contributed by atoms with Crippen LogP contribution in [-0.4, -0.2) is 48.7 Å². The fourth-order valence-electron chi connectivity index (χ4n) is 3.82. The zero-order chi connectivity index (χ0) is 23.1. The maximum atomic E-state index is 11.7. The van der Waals surface area contributed by atoms with Crippen molar-refractivity contribution in [3.63, 3.8) is 0 Å². The lowest BCUT2D eigenvalue weighted by molar-refractivity contribution is -0.00886. The summed E-state index contributed by atoms with van der Waals surface area (Å²) in [4.78, 5) is 11.7. The second-order valence-corrected chi connectivity index (χ2v) is 8.65. The van der Waals surface area contributed by atoms with Crippen molar-refractivity contribution in [3.8, 4) is 11.5 Å². The van der Waals surface area contributed by atoms with E-state index in [0.717, 1.165) is 11.1 Å². The predicted octanol–water partition coefficient (Wildman–Crippen LogP) is 3.45. The molecule has 2 rings (SSSR count). The Hall–Kier alpha value is -2.77. The molecule has 0 spiro atoms. The molecule has 2 aromatic carbocycles. The Bertz CT molecular complexity index is 851. The van der Waals surface area contributed by atoms with E-state index >= 15 is 0 Å². The lowest BCUT2D eigenvalue weighted by Gasteiger charge is -2.48. The number of benzene rings is 2. The summed E-state index contributed by atoms with van der Waals surface area (Å²) in [6.45, 7) is 6.49. The molecule has 2 aromatic rings. The van der Waals surface area contributed by atoms with Crippen LogP contribution < -0.4 is 20.1 Å². The number of carbonyl (C=O) groups is 1. The van der Waals surface area contributed by atoms with Gasteiger partial charge in [0.1, 0.15) is 0 Å². The number of amides is 1. The second kappa shape index (κ2) is 10.5. The molecule has 0 saturated heterocycles. The number of hydrogen-bond acceptors (Lipinski definition) is 5. The van der Waals surface area contributed by atoms with Gasteiger partial charge >= 0.3 is 6.09 Å². The van der Waals surface area contributed by atoms with Gasteiger partial charge in [-0.15, -0.1) is 0 Å². The van der Waals surface area contributed by atoms with Crippen LogP contribution in [0.1, 0.15) is 31.9 Å². The number of rotatable bonds is 10. The molecule has 0 aliphatic heterocycles. The first-order valence-electron chi connectivity index (χ1n) is 10.3. The molecule has 7 heteroatoms. The van der Waals surface area contributed by atoms with Gasteiger partial charge in [0.2, 0.25) is 0 Å². The van der Waals surface area contributed by atoms with Crippen molar-refractivity contribution in [3.05, 3.63) is 59.7 Å². The van der Waals surface area contributed by atoms with E-state index in [0.29, 0.717) is 24.5 Å². The van der Waals surface area contributed by atoms with Gasteiger partial charge in [0.15, 0.2) is 11.5 Å². The summed E-state index contributed by atoms with van der Waals surface area (Å²) in [6, 6.07) is 15.2. The SMILES string of the molecule is COc1ccc(CNC[C@@H](O)[C@@](Cc2ccccc2)(NC(=O)O)C(C)(C)C)cc1OC. The van der Waals surface area contributed by atoms with Crippen LogP contribution in [0.5, 0.6) is 11.5 Å². The summed E-state index contributed by atoms with van der Waals surface area (Å²) in [5.41, 5.74) is 0.266. The van der Waals surface area contributed by atoms with Gasteiger partial charge in [0.25, 0.3) is 0 Å². The van der Waals surface area contributed by atoms with E-state index in [-0.39, 0.29) is 6.54 Å². The van der Waals surface area contributed by atoms with Crippen LogP contribution in [0.3, 0.4) is 0 Å². The van der Waals surface area contributed by atoms with Crippen LogP contribution >= 0.6 is 0 Å². The van der Waals surface area contributed by atoms with Gasteiger partial charge in [0.05, 0.1) is 25.9 Å². The van der Waals surface area contributed by atoms with Gasteiger partial charge < -0.3 is 30.3 Å². The first-order chi connectivity index (χ1) is 14.6. The highest BCUT2D eigenvalue weighted by molar-refractivity contribution is 5.66. The average molecular weight is 431 g/mol. The molecular weight excluding hydrogens is 396 g/mol. The molecule has 7 nitrogen and oxygen atoms in total. The zero-order valence-electron chi connectivity index (χ0n) is 18.9. The van der Waals surface area contributed by atoms with Crippen LogP contribution in [0, 0.1) is 5.41 Å². The van der Waals surface area contributed by atoms with Crippen molar-refractivity contribution in [1.29, 1.82) is 0 Å². The minimum Gasteiger partial charge on any atom is -0.493 e. The third-order valence-corrected chi connectivity index (χ3v) is 5.68. The van der Waals surface area contributed by atoms with E-state index in [2.05, 4.69) is 10.6 Å². The lowest BCUT2D eigenvalue weighted by atomic mass is 9.66. The third kappa shape index (κ3) is 6.12. The zero-order valence-corrected chi connectivity index (χ0v) is 18.9. The summed E-state index contributed by atoms with van der Waals surface area (Å²) < 4.78 is 10.6. The Labute approximate surface area is 184 Å². The summed E-state index contributed by atoms with van der Waals surface area (Å²) in [5.74, 6) is 1.27. The number of methoxy groups -OCH3 is 2. The predicted molar refractivity (Wildman–Crippen MR) is 121 cm³/mol. The highest BCUT2D eigenvalue weighted by atomic mass is 16.5. The molecule has 0 aliphatic rings. The number of aliphatic hydroxyl groups excluding tert-OH is 1. The summed E-state index contributed by atoms with van der Waals surface area (Å²) in [5, 5.41) is 26.7.